The Balaban J connectivity index is 1.78. The molecule has 2 saturated heterocycles. The molecule has 14 heteroatoms. The lowest BCUT2D eigenvalue weighted by atomic mass is 9.97. The molecule has 2 aliphatic rings. The maximum Gasteiger partial charge on any atom is 0.220 e. The van der Waals surface area contributed by atoms with Gasteiger partial charge in [0.15, 0.2) is 12.6 Å². The summed E-state index contributed by atoms with van der Waals surface area (Å²) < 4.78 is 22.8. The number of unbranched alkanes of at least 4 members (excludes halogenated alkanes) is 33. The number of ether oxygens (including phenoxy) is 4. The molecule has 1 amide bonds. The predicted molar refractivity (Wildman–Crippen MR) is 277 cm³/mol. The van der Waals surface area contributed by atoms with Crippen LogP contribution in [0.5, 0.6) is 0 Å². The average Bonchev–Trinajstić information content (AvgIpc) is 3.36. The molecule has 2 fully saturated rings. The number of aliphatic hydroxyl groups excluding tert-OH is 8. The molecular weight excluding hydrogens is 895 g/mol. The summed E-state index contributed by atoms with van der Waals surface area (Å²) >= 11 is 0. The molecule has 12 unspecified atom stereocenters. The monoisotopic (exact) mass is 1000 g/mol. The van der Waals surface area contributed by atoms with E-state index in [1.54, 1.807) is 6.08 Å². The lowest BCUT2D eigenvalue weighted by Crippen LogP contribution is -2.65. The van der Waals surface area contributed by atoms with Crippen molar-refractivity contribution in [3.63, 3.8) is 0 Å². The van der Waals surface area contributed by atoms with Crippen LogP contribution < -0.4 is 5.32 Å². The molecule has 0 spiro atoms. The number of rotatable bonds is 46. The molecule has 2 aliphatic heterocycles. The van der Waals surface area contributed by atoms with E-state index in [-0.39, 0.29) is 18.9 Å². The van der Waals surface area contributed by atoms with Crippen molar-refractivity contribution in [2.24, 2.45) is 0 Å². The van der Waals surface area contributed by atoms with Crippen LogP contribution in [-0.2, 0) is 23.7 Å². The van der Waals surface area contributed by atoms with E-state index in [1.165, 1.54) is 180 Å². The second kappa shape index (κ2) is 43.0. The molecule has 0 aliphatic carbocycles. The minimum atomic E-state index is -1.78. The fourth-order valence-electron chi connectivity index (χ4n) is 9.76. The Morgan fingerprint density at radius 3 is 1.31 bits per heavy atom. The normalized spacial score (nSPS) is 26.0. The molecule has 414 valence electrons. The van der Waals surface area contributed by atoms with Gasteiger partial charge in [-0.2, -0.15) is 0 Å². The molecule has 0 radical (unpaired) electrons. The van der Waals surface area contributed by atoms with Crippen LogP contribution in [0.1, 0.15) is 245 Å². The Labute approximate surface area is 425 Å². The fourth-order valence-corrected chi connectivity index (χ4v) is 9.76. The Bertz CT molecular complexity index is 1230. The highest BCUT2D eigenvalue weighted by atomic mass is 16.7. The van der Waals surface area contributed by atoms with Gasteiger partial charge in [-0.3, -0.25) is 4.79 Å². The van der Waals surface area contributed by atoms with Gasteiger partial charge in [0.2, 0.25) is 5.91 Å². The minimum Gasteiger partial charge on any atom is -0.394 e. The quantitative estimate of drug-likeness (QED) is 0.0205. The third-order valence-corrected chi connectivity index (χ3v) is 14.5. The maximum atomic E-state index is 13.2. The third kappa shape index (κ3) is 29.0. The summed E-state index contributed by atoms with van der Waals surface area (Å²) in [6, 6.07) is -0.909. The molecule has 0 aromatic rings. The van der Waals surface area contributed by atoms with Crippen LogP contribution in [0.25, 0.3) is 0 Å². The van der Waals surface area contributed by atoms with Crippen molar-refractivity contribution in [1.82, 2.24) is 5.32 Å². The number of carbonyl (C=O) groups is 1. The van der Waals surface area contributed by atoms with Gasteiger partial charge in [-0.25, -0.2) is 0 Å². The lowest BCUT2D eigenvalue weighted by Gasteiger charge is -2.46. The highest BCUT2D eigenvalue weighted by Gasteiger charge is 2.51. The first kappa shape index (κ1) is 64.8. The van der Waals surface area contributed by atoms with Crippen LogP contribution in [0, 0.1) is 0 Å². The highest BCUT2D eigenvalue weighted by Crippen LogP contribution is 2.30. The van der Waals surface area contributed by atoms with Crippen molar-refractivity contribution in [2.45, 2.75) is 319 Å². The second-order valence-corrected chi connectivity index (χ2v) is 20.8. The van der Waals surface area contributed by atoms with Crippen LogP contribution in [0.15, 0.2) is 12.2 Å². The Morgan fingerprint density at radius 2 is 0.886 bits per heavy atom. The number of hydrogen-bond donors (Lipinski definition) is 9. The Hall–Kier alpha value is -1.27. The zero-order chi connectivity index (χ0) is 51.0. The van der Waals surface area contributed by atoms with Crippen LogP contribution >= 0.6 is 0 Å². The zero-order valence-electron chi connectivity index (χ0n) is 44.3. The number of allylic oxidation sites excluding steroid dienone is 1. The molecule has 9 N–H and O–H groups in total. The van der Waals surface area contributed by atoms with E-state index in [9.17, 15) is 45.6 Å². The van der Waals surface area contributed by atoms with Gasteiger partial charge in [-0.1, -0.05) is 231 Å². The predicted octanol–water partition coefficient (Wildman–Crippen LogP) is 9.11. The van der Waals surface area contributed by atoms with Gasteiger partial charge in [0.05, 0.1) is 32.0 Å². The number of hydrogen-bond acceptors (Lipinski definition) is 13. The van der Waals surface area contributed by atoms with Gasteiger partial charge in [-0.15, -0.1) is 0 Å². The Morgan fingerprint density at radius 1 is 0.500 bits per heavy atom. The fraction of sp³-hybridized carbons (Fsp3) is 0.946. The molecule has 12 atom stereocenters. The summed E-state index contributed by atoms with van der Waals surface area (Å²) in [5.74, 6) is -0.234. The molecule has 2 heterocycles. The van der Waals surface area contributed by atoms with Crippen LogP contribution in [-0.4, -0.2) is 140 Å². The van der Waals surface area contributed by atoms with E-state index < -0.39 is 86.8 Å². The van der Waals surface area contributed by atoms with E-state index in [4.69, 9.17) is 18.9 Å². The summed E-state index contributed by atoms with van der Waals surface area (Å²) in [7, 11) is 0. The molecule has 0 saturated carbocycles. The smallest absolute Gasteiger partial charge is 0.220 e. The van der Waals surface area contributed by atoms with Gasteiger partial charge in [0.25, 0.3) is 0 Å². The number of carbonyl (C=O) groups excluding carboxylic acids is 1. The van der Waals surface area contributed by atoms with E-state index in [0.717, 1.165) is 38.5 Å². The molecule has 0 bridgehead atoms. The first-order chi connectivity index (χ1) is 34.1. The van der Waals surface area contributed by atoms with E-state index in [1.807, 2.05) is 6.08 Å². The molecule has 2 rings (SSSR count). The van der Waals surface area contributed by atoms with Gasteiger partial charge in [-0.05, 0) is 19.3 Å². The molecule has 0 aromatic carbocycles. The van der Waals surface area contributed by atoms with Gasteiger partial charge in [0.1, 0.15) is 48.8 Å². The van der Waals surface area contributed by atoms with Crippen molar-refractivity contribution >= 4 is 5.91 Å². The van der Waals surface area contributed by atoms with Crippen molar-refractivity contribution in [3.05, 3.63) is 12.2 Å². The van der Waals surface area contributed by atoms with Crippen LogP contribution in [0.2, 0.25) is 0 Å². The van der Waals surface area contributed by atoms with Crippen molar-refractivity contribution in [2.75, 3.05) is 19.8 Å². The number of nitrogens with one attached hydrogen (secondary N) is 1. The molecular formula is C56H107NO13. The molecule has 0 aromatic heterocycles. The largest absolute Gasteiger partial charge is 0.394 e. The van der Waals surface area contributed by atoms with Gasteiger partial charge >= 0.3 is 0 Å². The standard InChI is InChI=1S/C56H107NO13/c1-3-5-7-9-11-13-15-17-19-21-22-23-24-26-28-30-32-34-36-38-40-48(61)57-44(45(60)39-37-35-33-31-29-27-25-20-18-16-14-12-10-8-6-4-2)43-67-55-53(66)51(64)54(47(42-59)69-55)70-56-52(65)50(63)49(62)46(41-58)68-56/h37,39,44-47,49-56,58-60,62-66H,3-36,38,40-43H2,1-2H3,(H,57,61)/b39-37+. The van der Waals surface area contributed by atoms with Crippen LogP contribution in [0.4, 0.5) is 0 Å². The topological polar surface area (TPSA) is 228 Å². The minimum absolute atomic E-state index is 0.234. The zero-order valence-corrected chi connectivity index (χ0v) is 44.3. The first-order valence-corrected chi connectivity index (χ1v) is 28.9. The lowest BCUT2D eigenvalue weighted by molar-refractivity contribution is -0.359. The Kier molecular flexibility index (Phi) is 39.9. The second-order valence-electron chi connectivity index (χ2n) is 20.8. The summed E-state index contributed by atoms with van der Waals surface area (Å²) in [6.07, 6.45) is 31.0. The van der Waals surface area contributed by atoms with E-state index >= 15 is 0 Å². The third-order valence-electron chi connectivity index (χ3n) is 14.5. The van der Waals surface area contributed by atoms with Gasteiger partial charge < -0.3 is 65.1 Å². The highest BCUT2D eigenvalue weighted by molar-refractivity contribution is 5.76. The SMILES string of the molecule is CCCCCCCCCCCCCCCC/C=C/C(O)C(COC1OC(CO)C(OC2OC(CO)C(O)C(O)C2O)C(O)C1O)NC(=O)CCCCCCCCCCCCCCCCCCCCCC. The first-order valence-electron chi connectivity index (χ1n) is 28.9. The van der Waals surface area contributed by atoms with Gasteiger partial charge in [0, 0.05) is 6.42 Å². The van der Waals surface area contributed by atoms with E-state index in [2.05, 4.69) is 19.2 Å². The number of aliphatic hydroxyl groups is 8. The van der Waals surface area contributed by atoms with E-state index in [0.29, 0.717) is 6.42 Å². The van der Waals surface area contributed by atoms with Crippen molar-refractivity contribution in [1.29, 1.82) is 0 Å². The van der Waals surface area contributed by atoms with Crippen molar-refractivity contribution in [3.8, 4) is 0 Å². The molecule has 70 heavy (non-hydrogen) atoms. The summed E-state index contributed by atoms with van der Waals surface area (Å²) in [6.45, 7) is 2.82. The average molecular weight is 1000 g/mol. The summed E-state index contributed by atoms with van der Waals surface area (Å²) in [4.78, 5) is 13.2. The summed E-state index contributed by atoms with van der Waals surface area (Å²) in [5, 5.41) is 87.0. The maximum absolute atomic E-state index is 13.2. The van der Waals surface area contributed by atoms with Crippen molar-refractivity contribution < 1.29 is 64.6 Å². The molecule has 14 nitrogen and oxygen atoms in total. The number of amides is 1. The summed E-state index contributed by atoms with van der Waals surface area (Å²) in [5.41, 5.74) is 0. The van der Waals surface area contributed by atoms with Crippen LogP contribution in [0.3, 0.4) is 0 Å².